The Labute approximate surface area is 315 Å². The molecule has 0 atom stereocenters. The highest BCUT2D eigenvalue weighted by Gasteiger charge is 2.24. The molecule has 5 nitrogen and oxygen atoms in total. The van der Waals surface area contributed by atoms with Crippen LogP contribution in [0.2, 0.25) is 0 Å². The molecule has 55 heavy (non-hydrogen) atoms. The van der Waals surface area contributed by atoms with Crippen LogP contribution in [-0.4, -0.2) is 15.3 Å². The van der Waals surface area contributed by atoms with Crippen molar-refractivity contribution in [3.05, 3.63) is 181 Å². The first-order valence-electron chi connectivity index (χ1n) is 18.3. The molecule has 0 aliphatic carbocycles. The maximum absolute atomic E-state index is 10.8. The van der Waals surface area contributed by atoms with Gasteiger partial charge in [0, 0.05) is 38.7 Å². The second-order valence-electron chi connectivity index (χ2n) is 14.0. The van der Waals surface area contributed by atoms with E-state index in [-0.39, 0.29) is 0 Å². The van der Waals surface area contributed by atoms with Gasteiger partial charge in [0.25, 0.3) is 0 Å². The Hall–Kier alpha value is -7.68. The second kappa shape index (κ2) is 11.9. The van der Waals surface area contributed by atoms with E-state index >= 15 is 0 Å². The summed E-state index contributed by atoms with van der Waals surface area (Å²) in [4.78, 5) is 0. The van der Waals surface area contributed by atoms with Crippen LogP contribution in [0.3, 0.4) is 0 Å². The van der Waals surface area contributed by atoms with Crippen LogP contribution in [0.4, 0.5) is 0 Å². The zero-order valence-electron chi connectivity index (χ0n) is 29.5. The van der Waals surface area contributed by atoms with Gasteiger partial charge in [0.2, 0.25) is 0 Å². The monoisotopic (exact) mass is 702 g/mol. The zero-order chi connectivity index (χ0) is 36.6. The van der Waals surface area contributed by atoms with Crippen LogP contribution in [0.25, 0.3) is 99.2 Å². The average molecular weight is 703 g/mol. The van der Waals surface area contributed by atoms with Gasteiger partial charge in [0.1, 0.15) is 17.2 Å². The molecule has 256 valence electrons. The summed E-state index contributed by atoms with van der Waals surface area (Å²) in [5.74, 6) is 0. The highest BCUT2D eigenvalue weighted by atomic mass is 16.3. The van der Waals surface area contributed by atoms with E-state index in [1.165, 1.54) is 6.21 Å². The largest absolute Gasteiger partial charge is 0.455 e. The van der Waals surface area contributed by atoms with Gasteiger partial charge in [-0.1, -0.05) is 109 Å². The lowest BCUT2D eigenvalue weighted by Gasteiger charge is -2.18. The summed E-state index contributed by atoms with van der Waals surface area (Å²) >= 11 is 0. The molecule has 0 aliphatic rings. The number of para-hydroxylation sites is 2. The van der Waals surface area contributed by atoms with Crippen LogP contribution in [0.1, 0.15) is 11.1 Å². The van der Waals surface area contributed by atoms with Crippen molar-refractivity contribution in [3.63, 3.8) is 0 Å². The van der Waals surface area contributed by atoms with E-state index in [9.17, 15) is 5.26 Å². The van der Waals surface area contributed by atoms with Gasteiger partial charge in [-0.15, -0.1) is 0 Å². The summed E-state index contributed by atoms with van der Waals surface area (Å²) in [6, 6.07) is 61.1. The van der Waals surface area contributed by atoms with Crippen LogP contribution >= 0.6 is 0 Å². The van der Waals surface area contributed by atoms with Crippen molar-refractivity contribution in [1.82, 2.24) is 9.13 Å². The van der Waals surface area contributed by atoms with E-state index in [0.29, 0.717) is 16.8 Å². The Morgan fingerprint density at radius 1 is 0.491 bits per heavy atom. The number of hydrogen-bond donors (Lipinski definition) is 1. The molecule has 0 saturated heterocycles. The lowest BCUT2D eigenvalue weighted by Crippen LogP contribution is -2.08. The molecule has 3 heterocycles. The fourth-order valence-corrected chi connectivity index (χ4v) is 8.64. The van der Waals surface area contributed by atoms with Crippen molar-refractivity contribution in [1.29, 1.82) is 10.7 Å². The van der Waals surface area contributed by atoms with Crippen molar-refractivity contribution < 1.29 is 4.42 Å². The zero-order valence-corrected chi connectivity index (χ0v) is 29.5. The summed E-state index contributed by atoms with van der Waals surface area (Å²) in [6.07, 6.45) is 1.40. The average Bonchev–Trinajstić information content (AvgIpc) is 3.91. The molecule has 5 heteroatoms. The summed E-state index contributed by atoms with van der Waals surface area (Å²) in [5, 5.41) is 26.2. The SMILES string of the molecule is N#Cc1ccc(-n2c3ccccc3c3c4oc5ccccc5c4ccc32)c(C=N)c1-n1c2ccc(-c3ccccc3)cc2c2cc(-c3ccccc3)ccc21. The van der Waals surface area contributed by atoms with Gasteiger partial charge < -0.3 is 19.0 Å². The number of furan rings is 1. The minimum atomic E-state index is 0.487. The summed E-state index contributed by atoms with van der Waals surface area (Å²) in [6.45, 7) is 0. The van der Waals surface area contributed by atoms with Crippen molar-refractivity contribution >= 4 is 71.8 Å². The molecule has 1 N–H and O–H groups in total. The summed E-state index contributed by atoms with van der Waals surface area (Å²) in [5.41, 5.74) is 12.7. The topological polar surface area (TPSA) is 70.6 Å². The third-order valence-electron chi connectivity index (χ3n) is 11.1. The summed E-state index contributed by atoms with van der Waals surface area (Å²) < 4.78 is 11.0. The van der Waals surface area contributed by atoms with E-state index < -0.39 is 0 Å². The number of rotatable bonds is 5. The standard InChI is InChI=1S/C50H30N4O/c51-29-35-21-25-45(53-42-17-9-7-16-38(42)48-46(53)26-22-37-36-15-8-10-18-47(36)55-50(37)48)41(30-52)49(35)54-43-23-19-33(31-11-3-1-4-12-31)27-39(43)40-28-34(20-24-44(40)54)32-13-5-2-6-14-32/h1-28,30,52H. The Kier molecular flexibility index (Phi) is 6.70. The lowest BCUT2D eigenvalue weighted by atomic mass is 10.0. The van der Waals surface area contributed by atoms with E-state index in [2.05, 4.69) is 137 Å². The quantitative estimate of drug-likeness (QED) is 0.181. The molecular weight excluding hydrogens is 673 g/mol. The maximum atomic E-state index is 10.8. The third kappa shape index (κ3) is 4.49. The molecule has 3 aromatic heterocycles. The minimum Gasteiger partial charge on any atom is -0.455 e. The van der Waals surface area contributed by atoms with Crippen molar-refractivity contribution in [2.75, 3.05) is 0 Å². The molecule has 0 fully saturated rings. The first-order chi connectivity index (χ1) is 27.2. The minimum absolute atomic E-state index is 0.487. The Balaban J connectivity index is 1.24. The molecule has 0 bridgehead atoms. The van der Waals surface area contributed by atoms with Crippen molar-refractivity contribution in [2.24, 2.45) is 0 Å². The van der Waals surface area contributed by atoms with Gasteiger partial charge in [0.15, 0.2) is 0 Å². The highest BCUT2D eigenvalue weighted by Crippen LogP contribution is 2.43. The molecule has 0 spiro atoms. The lowest BCUT2D eigenvalue weighted by molar-refractivity contribution is 0.673. The molecule has 11 rings (SSSR count). The normalized spacial score (nSPS) is 11.7. The molecule has 0 unspecified atom stereocenters. The number of benzene rings is 8. The van der Waals surface area contributed by atoms with Gasteiger partial charge in [-0.2, -0.15) is 5.26 Å². The maximum Gasteiger partial charge on any atom is 0.145 e. The van der Waals surface area contributed by atoms with E-state index in [1.54, 1.807) is 0 Å². The smallest absolute Gasteiger partial charge is 0.145 e. The van der Waals surface area contributed by atoms with Gasteiger partial charge in [-0.3, -0.25) is 0 Å². The van der Waals surface area contributed by atoms with Crippen molar-refractivity contribution in [2.45, 2.75) is 0 Å². The number of hydrogen-bond acceptors (Lipinski definition) is 3. The predicted molar refractivity (Wildman–Crippen MR) is 226 cm³/mol. The predicted octanol–water partition coefficient (Wildman–Crippen LogP) is 13.0. The first-order valence-corrected chi connectivity index (χ1v) is 18.3. The Morgan fingerprint density at radius 2 is 1.07 bits per heavy atom. The van der Waals surface area contributed by atoms with Gasteiger partial charge >= 0.3 is 0 Å². The number of nitriles is 1. The number of nitrogens with zero attached hydrogens (tertiary/aromatic N) is 3. The Bertz CT molecular complexity index is 3300. The number of aromatic nitrogens is 2. The first kappa shape index (κ1) is 30.9. The molecule has 0 amide bonds. The van der Waals surface area contributed by atoms with Gasteiger partial charge in [0.05, 0.1) is 44.4 Å². The van der Waals surface area contributed by atoms with Gasteiger partial charge in [-0.05, 0) is 82.9 Å². The molecule has 0 radical (unpaired) electrons. The van der Waals surface area contributed by atoms with Crippen LogP contribution < -0.4 is 0 Å². The molecule has 11 aromatic rings. The van der Waals surface area contributed by atoms with E-state index in [1.807, 2.05) is 48.5 Å². The van der Waals surface area contributed by atoms with Crippen LogP contribution in [0.5, 0.6) is 0 Å². The fraction of sp³-hybridized carbons (Fsp3) is 0. The third-order valence-corrected chi connectivity index (χ3v) is 11.1. The molecule has 8 aromatic carbocycles. The van der Waals surface area contributed by atoms with Gasteiger partial charge in [-0.25, -0.2) is 0 Å². The molecule has 0 saturated carbocycles. The molecule has 0 aliphatic heterocycles. The fourth-order valence-electron chi connectivity index (χ4n) is 8.64. The van der Waals surface area contributed by atoms with Crippen LogP contribution in [0, 0.1) is 16.7 Å². The second-order valence-corrected chi connectivity index (χ2v) is 14.0. The van der Waals surface area contributed by atoms with E-state index in [4.69, 9.17) is 9.83 Å². The number of fused-ring (bicyclic) bond motifs is 10. The number of nitrogens with one attached hydrogen (secondary N) is 1. The highest BCUT2D eigenvalue weighted by molar-refractivity contribution is 6.24. The Morgan fingerprint density at radius 3 is 1.73 bits per heavy atom. The molecular formula is C50H30N4O. The van der Waals surface area contributed by atoms with E-state index in [0.717, 1.165) is 93.5 Å². The van der Waals surface area contributed by atoms with Crippen LogP contribution in [0.15, 0.2) is 174 Å². The van der Waals surface area contributed by atoms with Crippen molar-refractivity contribution in [3.8, 4) is 39.7 Å². The summed E-state index contributed by atoms with van der Waals surface area (Å²) in [7, 11) is 0. The van der Waals surface area contributed by atoms with Crippen LogP contribution in [-0.2, 0) is 0 Å².